The summed E-state index contributed by atoms with van der Waals surface area (Å²) in [6.07, 6.45) is 0.234. The van der Waals surface area contributed by atoms with Crippen LogP contribution in [0.3, 0.4) is 0 Å². The monoisotopic (exact) mass is 391 g/mol. The molecule has 0 saturated carbocycles. The summed E-state index contributed by atoms with van der Waals surface area (Å²) in [5.74, 6) is -0.106. The lowest BCUT2D eigenvalue weighted by molar-refractivity contribution is -0.120. The van der Waals surface area contributed by atoms with Gasteiger partial charge in [-0.25, -0.2) is 4.98 Å². The van der Waals surface area contributed by atoms with Crippen LogP contribution in [-0.2, 0) is 11.2 Å². The molecule has 4 nitrogen and oxygen atoms in total. The van der Waals surface area contributed by atoms with Gasteiger partial charge in [0.05, 0.1) is 28.4 Å². The Morgan fingerprint density at radius 3 is 2.15 bits per heavy atom. The van der Waals surface area contributed by atoms with Crippen LogP contribution in [0.2, 0.25) is 0 Å². The Kier molecular flexibility index (Phi) is 5.27. The molecule has 0 aliphatic rings. The number of carbonyl (C=O) groups is 1. The Morgan fingerprint density at radius 1 is 0.889 bits per heavy atom. The van der Waals surface area contributed by atoms with Crippen molar-refractivity contribution >= 4 is 40.0 Å². The zero-order valence-corrected chi connectivity index (χ0v) is 16.0. The molecular formula is C21H17N3OS2. The number of hydrogen-bond acceptors (Lipinski definition) is 5. The number of hydrazine groups is 1. The molecule has 6 heteroatoms. The molecular weight excluding hydrogens is 374 g/mol. The largest absolute Gasteiger partial charge is 0.273 e. The highest BCUT2D eigenvalue weighted by Crippen LogP contribution is 2.28. The molecule has 4 rings (SSSR count). The van der Waals surface area contributed by atoms with Gasteiger partial charge in [0.1, 0.15) is 5.01 Å². The molecule has 0 saturated heterocycles. The van der Waals surface area contributed by atoms with Gasteiger partial charge >= 0.3 is 0 Å². The molecule has 4 aromatic rings. The van der Waals surface area contributed by atoms with Crippen LogP contribution in [0, 0.1) is 0 Å². The van der Waals surface area contributed by atoms with Crippen molar-refractivity contribution in [3.8, 4) is 9.88 Å². The topological polar surface area (TPSA) is 45.2 Å². The van der Waals surface area contributed by atoms with Gasteiger partial charge in [-0.3, -0.25) is 15.2 Å². The number of para-hydroxylation sites is 2. The summed E-state index contributed by atoms with van der Waals surface area (Å²) in [4.78, 5) is 18.4. The van der Waals surface area contributed by atoms with Gasteiger partial charge in [0, 0.05) is 5.38 Å². The number of nitrogens with zero attached hydrogens (tertiary/aromatic N) is 2. The third kappa shape index (κ3) is 4.24. The summed E-state index contributed by atoms with van der Waals surface area (Å²) in [6, 6.07) is 23.6. The van der Waals surface area contributed by atoms with Gasteiger partial charge in [-0.15, -0.1) is 22.7 Å². The number of benzene rings is 2. The van der Waals surface area contributed by atoms with E-state index >= 15 is 0 Å². The summed E-state index contributed by atoms with van der Waals surface area (Å²) in [6.45, 7) is 0. The summed E-state index contributed by atoms with van der Waals surface area (Å²) < 4.78 is 0. The lowest BCUT2D eigenvalue weighted by atomic mass is 10.2. The van der Waals surface area contributed by atoms with E-state index in [2.05, 4.69) is 10.4 Å². The molecule has 2 aromatic heterocycles. The molecule has 134 valence electrons. The molecule has 1 amide bonds. The highest BCUT2D eigenvalue weighted by Gasteiger charge is 2.15. The lowest BCUT2D eigenvalue weighted by Crippen LogP contribution is -2.39. The van der Waals surface area contributed by atoms with E-state index in [0.29, 0.717) is 0 Å². The first-order chi connectivity index (χ1) is 13.3. The van der Waals surface area contributed by atoms with Crippen LogP contribution < -0.4 is 10.4 Å². The second-order valence-electron chi connectivity index (χ2n) is 5.84. The van der Waals surface area contributed by atoms with E-state index in [1.54, 1.807) is 27.7 Å². The van der Waals surface area contributed by atoms with E-state index in [1.165, 1.54) is 0 Å². The number of amides is 1. The third-order valence-corrected chi connectivity index (χ3v) is 5.82. The van der Waals surface area contributed by atoms with Crippen molar-refractivity contribution in [2.75, 3.05) is 5.01 Å². The minimum absolute atomic E-state index is 0.106. The molecule has 0 aliphatic carbocycles. The summed E-state index contributed by atoms with van der Waals surface area (Å²) in [7, 11) is 0. The van der Waals surface area contributed by atoms with Crippen LogP contribution >= 0.6 is 22.7 Å². The van der Waals surface area contributed by atoms with Crippen molar-refractivity contribution in [1.29, 1.82) is 0 Å². The Morgan fingerprint density at radius 2 is 1.56 bits per heavy atom. The van der Waals surface area contributed by atoms with Crippen molar-refractivity contribution in [3.63, 3.8) is 0 Å². The van der Waals surface area contributed by atoms with Crippen molar-refractivity contribution in [2.24, 2.45) is 0 Å². The van der Waals surface area contributed by atoms with Crippen molar-refractivity contribution in [3.05, 3.63) is 89.3 Å². The number of rotatable bonds is 6. The van der Waals surface area contributed by atoms with E-state index in [0.717, 1.165) is 27.0 Å². The number of anilines is 2. The second-order valence-corrected chi connectivity index (χ2v) is 7.65. The standard InChI is InChI=1S/C21H17N3OS2/c25-20(14-16-15-27-21(22-16)19-12-7-13-26-19)23-24(17-8-3-1-4-9-17)18-10-5-2-6-11-18/h1-13,15H,14H2,(H,23,25). The number of thiazole rings is 1. The first-order valence-electron chi connectivity index (χ1n) is 8.47. The summed E-state index contributed by atoms with van der Waals surface area (Å²) in [5, 5.41) is 6.73. The van der Waals surface area contributed by atoms with Crippen LogP contribution in [0.4, 0.5) is 11.4 Å². The van der Waals surface area contributed by atoms with Gasteiger partial charge < -0.3 is 0 Å². The van der Waals surface area contributed by atoms with Crippen LogP contribution in [0.1, 0.15) is 5.69 Å². The van der Waals surface area contributed by atoms with E-state index in [1.807, 2.05) is 83.6 Å². The number of nitrogens with one attached hydrogen (secondary N) is 1. The van der Waals surface area contributed by atoms with E-state index in [-0.39, 0.29) is 12.3 Å². The highest BCUT2D eigenvalue weighted by molar-refractivity contribution is 7.20. The fourth-order valence-corrected chi connectivity index (χ4v) is 4.30. The number of thiophene rings is 1. The normalized spacial score (nSPS) is 10.5. The SMILES string of the molecule is O=C(Cc1csc(-c2cccs2)n1)NN(c1ccccc1)c1ccccc1. The highest BCUT2D eigenvalue weighted by atomic mass is 32.1. The third-order valence-electron chi connectivity index (χ3n) is 3.89. The maximum absolute atomic E-state index is 12.7. The molecule has 0 aliphatic heterocycles. The molecule has 0 unspecified atom stereocenters. The molecule has 2 heterocycles. The van der Waals surface area contributed by atoms with Crippen molar-refractivity contribution in [2.45, 2.75) is 6.42 Å². The molecule has 0 radical (unpaired) electrons. The van der Waals surface area contributed by atoms with Gasteiger partial charge in [0.15, 0.2) is 0 Å². The van der Waals surface area contributed by atoms with Gasteiger partial charge in [0.2, 0.25) is 5.91 Å². The summed E-state index contributed by atoms with van der Waals surface area (Å²) in [5.41, 5.74) is 5.58. The zero-order chi connectivity index (χ0) is 18.5. The van der Waals surface area contributed by atoms with Crippen LogP contribution in [0.25, 0.3) is 9.88 Å². The first-order valence-corrected chi connectivity index (χ1v) is 10.2. The zero-order valence-electron chi connectivity index (χ0n) is 14.4. The van der Waals surface area contributed by atoms with Gasteiger partial charge in [0.25, 0.3) is 0 Å². The maximum atomic E-state index is 12.7. The average molecular weight is 392 g/mol. The molecule has 0 atom stereocenters. The van der Waals surface area contributed by atoms with Crippen LogP contribution in [0.5, 0.6) is 0 Å². The lowest BCUT2D eigenvalue weighted by Gasteiger charge is -2.25. The van der Waals surface area contributed by atoms with E-state index < -0.39 is 0 Å². The average Bonchev–Trinajstić information content (AvgIpc) is 3.39. The molecule has 2 aromatic carbocycles. The van der Waals surface area contributed by atoms with Crippen LogP contribution in [0.15, 0.2) is 83.6 Å². The predicted octanol–water partition coefficient (Wildman–Crippen LogP) is 5.28. The molecule has 0 fully saturated rings. The van der Waals surface area contributed by atoms with Gasteiger partial charge in [-0.05, 0) is 35.7 Å². The fourth-order valence-electron chi connectivity index (χ4n) is 2.66. The first kappa shape index (κ1) is 17.5. The van der Waals surface area contributed by atoms with Crippen molar-refractivity contribution < 1.29 is 4.79 Å². The Balaban J connectivity index is 1.51. The molecule has 1 N–H and O–H groups in total. The van der Waals surface area contributed by atoms with E-state index in [9.17, 15) is 4.79 Å². The molecule has 0 bridgehead atoms. The fraction of sp³-hybridized carbons (Fsp3) is 0.0476. The number of hydrogen-bond donors (Lipinski definition) is 1. The Bertz CT molecular complexity index is 959. The minimum Gasteiger partial charge on any atom is -0.273 e. The van der Waals surface area contributed by atoms with E-state index in [4.69, 9.17) is 0 Å². The summed E-state index contributed by atoms with van der Waals surface area (Å²) >= 11 is 3.22. The second kappa shape index (κ2) is 8.16. The number of aromatic nitrogens is 1. The minimum atomic E-state index is -0.106. The number of carbonyl (C=O) groups excluding carboxylic acids is 1. The maximum Gasteiger partial charge on any atom is 0.244 e. The van der Waals surface area contributed by atoms with Crippen LogP contribution in [-0.4, -0.2) is 10.9 Å². The van der Waals surface area contributed by atoms with Gasteiger partial charge in [-0.2, -0.15) is 0 Å². The molecule has 27 heavy (non-hydrogen) atoms. The molecule has 0 spiro atoms. The Hall–Kier alpha value is -2.96. The van der Waals surface area contributed by atoms with Crippen molar-refractivity contribution in [1.82, 2.24) is 10.4 Å². The van der Waals surface area contributed by atoms with Gasteiger partial charge in [-0.1, -0.05) is 42.5 Å². The smallest absolute Gasteiger partial charge is 0.244 e. The quantitative estimate of drug-likeness (QED) is 0.455. The predicted molar refractivity (Wildman–Crippen MR) is 112 cm³/mol. The Labute approximate surface area is 165 Å².